The van der Waals surface area contributed by atoms with E-state index in [9.17, 15) is 26.4 Å². The Hall–Kier alpha value is -3.61. The Balaban J connectivity index is 1.21. The number of alkyl halides is 3. The molecule has 12 heteroatoms. The van der Waals surface area contributed by atoms with Crippen molar-refractivity contribution in [3.05, 3.63) is 89.5 Å². The van der Waals surface area contributed by atoms with Crippen LogP contribution in [0.2, 0.25) is 0 Å². The van der Waals surface area contributed by atoms with E-state index in [1.165, 1.54) is 24.3 Å². The molecule has 2 heterocycles. The molecule has 0 unspecified atom stereocenters. The van der Waals surface area contributed by atoms with Crippen molar-refractivity contribution in [1.82, 2.24) is 5.32 Å². The van der Waals surface area contributed by atoms with Crippen molar-refractivity contribution in [3.8, 4) is 5.75 Å². The molecule has 0 saturated carbocycles. The number of nitrogens with one attached hydrogen (secondary N) is 1. The lowest BCUT2D eigenvalue weighted by molar-refractivity contribution is -0.137. The average molecular weight is 619 g/mol. The van der Waals surface area contributed by atoms with Gasteiger partial charge in [-0.2, -0.15) is 13.2 Å². The number of carbonyl (C=O) groups is 1. The summed E-state index contributed by atoms with van der Waals surface area (Å²) in [7, 11) is -3.29. The molecule has 5 rings (SSSR count). The standard InChI is InChI=1S/C31H33F3N2O6S/c1-2-43(38,39)29-13-3-21(4-14-29)16-35-30(37)22-5-9-24(10-6-22)36-17-27(15-25(36)18-41-28-19-40-20-28)42-26-11-7-23(8-12-26)31(32,33)34/h3-14,25,27-28H,2,15-20H2,1H3,(H,35,37)/t25-,27+/m0/s1. The summed E-state index contributed by atoms with van der Waals surface area (Å²) in [5.41, 5.74) is 1.37. The number of carbonyl (C=O) groups excluding carboxylic acids is 1. The van der Waals surface area contributed by atoms with Crippen LogP contribution >= 0.6 is 0 Å². The van der Waals surface area contributed by atoms with Crippen LogP contribution in [-0.2, 0) is 32.0 Å². The number of hydrogen-bond donors (Lipinski definition) is 1. The van der Waals surface area contributed by atoms with E-state index in [4.69, 9.17) is 14.2 Å². The Labute approximate surface area is 248 Å². The topological polar surface area (TPSA) is 94.2 Å². The minimum absolute atomic E-state index is 0.0204. The first kappa shape index (κ1) is 30.8. The third kappa shape index (κ3) is 7.67. The molecule has 3 aromatic rings. The van der Waals surface area contributed by atoms with Crippen LogP contribution in [0.4, 0.5) is 18.9 Å². The number of amides is 1. The van der Waals surface area contributed by atoms with Crippen LogP contribution in [0.5, 0.6) is 5.75 Å². The van der Waals surface area contributed by atoms with Crippen LogP contribution in [0.15, 0.2) is 77.7 Å². The molecular formula is C31H33F3N2O6S. The monoisotopic (exact) mass is 618 g/mol. The Morgan fingerprint density at radius 1 is 0.977 bits per heavy atom. The van der Waals surface area contributed by atoms with Crippen LogP contribution < -0.4 is 15.0 Å². The van der Waals surface area contributed by atoms with Gasteiger partial charge in [-0.25, -0.2) is 8.42 Å². The highest BCUT2D eigenvalue weighted by atomic mass is 32.2. The smallest absolute Gasteiger partial charge is 0.416 e. The number of rotatable bonds is 11. The fourth-order valence-corrected chi connectivity index (χ4v) is 5.86. The first-order valence-electron chi connectivity index (χ1n) is 14.0. The van der Waals surface area contributed by atoms with Gasteiger partial charge >= 0.3 is 6.18 Å². The van der Waals surface area contributed by atoms with Gasteiger partial charge in [0.05, 0.1) is 48.6 Å². The zero-order chi connectivity index (χ0) is 30.6. The quantitative estimate of drug-likeness (QED) is 0.328. The third-order valence-electron chi connectivity index (χ3n) is 7.57. The number of ether oxygens (including phenoxy) is 3. The van der Waals surface area contributed by atoms with Crippen molar-refractivity contribution in [2.24, 2.45) is 0 Å². The highest BCUT2D eigenvalue weighted by Gasteiger charge is 2.35. The van der Waals surface area contributed by atoms with E-state index in [1.54, 1.807) is 31.2 Å². The number of benzene rings is 3. The van der Waals surface area contributed by atoms with Crippen LogP contribution in [0, 0.1) is 0 Å². The maximum Gasteiger partial charge on any atom is 0.416 e. The highest BCUT2D eigenvalue weighted by Crippen LogP contribution is 2.32. The second kappa shape index (κ2) is 12.9. The average Bonchev–Trinajstić information content (AvgIpc) is 3.37. The van der Waals surface area contributed by atoms with Crippen molar-refractivity contribution in [2.45, 2.75) is 49.2 Å². The lowest BCUT2D eigenvalue weighted by atomic mass is 10.1. The van der Waals surface area contributed by atoms with Crippen molar-refractivity contribution in [1.29, 1.82) is 0 Å². The second-order valence-corrected chi connectivity index (χ2v) is 12.9. The van der Waals surface area contributed by atoms with Gasteiger partial charge < -0.3 is 24.4 Å². The molecule has 230 valence electrons. The Morgan fingerprint density at radius 3 is 2.23 bits per heavy atom. The lowest BCUT2D eigenvalue weighted by Gasteiger charge is -2.31. The summed E-state index contributed by atoms with van der Waals surface area (Å²) in [5, 5.41) is 2.85. The minimum atomic E-state index is -4.41. The molecule has 0 aromatic heterocycles. The van der Waals surface area contributed by atoms with Crippen molar-refractivity contribution >= 4 is 21.4 Å². The van der Waals surface area contributed by atoms with Crippen LogP contribution in [0.3, 0.4) is 0 Å². The summed E-state index contributed by atoms with van der Waals surface area (Å²) in [5.74, 6) is 0.110. The maximum atomic E-state index is 12.9. The van der Waals surface area contributed by atoms with E-state index in [0.717, 1.165) is 23.4 Å². The fraction of sp³-hybridized carbons (Fsp3) is 0.387. The summed E-state index contributed by atoms with van der Waals surface area (Å²) in [6.45, 7) is 3.85. The first-order valence-corrected chi connectivity index (χ1v) is 15.7. The molecule has 8 nitrogen and oxygen atoms in total. The number of halogens is 3. The molecule has 43 heavy (non-hydrogen) atoms. The van der Waals surface area contributed by atoms with Gasteiger partial charge in [0.2, 0.25) is 0 Å². The molecule has 0 bridgehead atoms. The molecule has 2 atom stereocenters. The van der Waals surface area contributed by atoms with Crippen molar-refractivity contribution in [3.63, 3.8) is 0 Å². The van der Waals surface area contributed by atoms with Gasteiger partial charge in [-0.1, -0.05) is 19.1 Å². The van der Waals surface area contributed by atoms with Crippen LogP contribution in [0.25, 0.3) is 0 Å². The SMILES string of the molecule is CCS(=O)(=O)c1ccc(CNC(=O)c2ccc(N3C[C@H](Oc4ccc(C(F)(F)F)cc4)C[C@H]3COC3COC3)cc2)cc1. The van der Waals surface area contributed by atoms with Gasteiger partial charge in [-0.15, -0.1) is 0 Å². The third-order valence-corrected chi connectivity index (χ3v) is 9.32. The van der Waals surface area contributed by atoms with E-state index in [2.05, 4.69) is 10.2 Å². The molecule has 0 radical (unpaired) electrons. The molecule has 3 aromatic carbocycles. The molecule has 2 aliphatic heterocycles. The van der Waals surface area contributed by atoms with E-state index >= 15 is 0 Å². The van der Waals surface area contributed by atoms with Gasteiger partial charge in [0.25, 0.3) is 5.91 Å². The Bertz CT molecular complexity index is 1490. The minimum Gasteiger partial charge on any atom is -0.489 e. The number of sulfone groups is 1. The van der Waals surface area contributed by atoms with Crippen molar-refractivity contribution < 1.29 is 40.6 Å². The molecule has 0 aliphatic carbocycles. The zero-order valence-corrected chi connectivity index (χ0v) is 24.4. The fourth-order valence-electron chi connectivity index (χ4n) is 4.98. The van der Waals surface area contributed by atoms with Crippen molar-refractivity contribution in [2.75, 3.05) is 37.0 Å². The second-order valence-electron chi connectivity index (χ2n) is 10.6. The summed E-state index contributed by atoms with van der Waals surface area (Å²) in [6, 6.07) is 18.2. The largest absolute Gasteiger partial charge is 0.489 e. The summed E-state index contributed by atoms with van der Waals surface area (Å²) >= 11 is 0. The van der Waals surface area contributed by atoms with Gasteiger partial charge in [0.1, 0.15) is 18.0 Å². The Kier molecular flexibility index (Phi) is 9.28. The molecule has 2 aliphatic rings. The molecule has 1 amide bonds. The molecule has 2 saturated heterocycles. The van der Waals surface area contributed by atoms with E-state index in [0.29, 0.717) is 44.1 Å². The zero-order valence-electron chi connectivity index (χ0n) is 23.5. The maximum absolute atomic E-state index is 12.9. The molecular weight excluding hydrogens is 585 g/mol. The molecule has 0 spiro atoms. The number of hydrogen-bond acceptors (Lipinski definition) is 7. The number of anilines is 1. The normalized spacial score (nSPS) is 19.2. The molecule has 1 N–H and O–H groups in total. The van der Waals surface area contributed by atoms with Gasteiger partial charge in [0, 0.05) is 24.2 Å². The van der Waals surface area contributed by atoms with Gasteiger partial charge in [-0.3, -0.25) is 4.79 Å². The van der Waals surface area contributed by atoms with Crippen LogP contribution in [-0.4, -0.2) is 64.7 Å². The predicted molar refractivity (Wildman–Crippen MR) is 154 cm³/mol. The number of nitrogens with zero attached hydrogens (tertiary/aromatic N) is 1. The van der Waals surface area contributed by atoms with Gasteiger partial charge in [0.15, 0.2) is 9.84 Å². The Morgan fingerprint density at radius 2 is 1.65 bits per heavy atom. The lowest BCUT2D eigenvalue weighted by Crippen LogP contribution is -2.41. The van der Waals surface area contributed by atoms with E-state index in [-0.39, 0.29) is 41.4 Å². The summed E-state index contributed by atoms with van der Waals surface area (Å²) in [6.07, 6.45) is -4.04. The summed E-state index contributed by atoms with van der Waals surface area (Å²) in [4.78, 5) is 15.2. The van der Waals surface area contributed by atoms with E-state index in [1.807, 2.05) is 12.1 Å². The highest BCUT2D eigenvalue weighted by molar-refractivity contribution is 7.91. The molecule has 2 fully saturated rings. The predicted octanol–water partition coefficient (Wildman–Crippen LogP) is 4.87. The van der Waals surface area contributed by atoms with E-state index < -0.39 is 21.6 Å². The first-order chi connectivity index (χ1) is 20.5. The summed E-state index contributed by atoms with van der Waals surface area (Å²) < 4.78 is 80.1. The van der Waals surface area contributed by atoms with Crippen LogP contribution in [0.1, 0.15) is 34.8 Å². The van der Waals surface area contributed by atoms with Gasteiger partial charge in [-0.05, 0) is 66.2 Å².